The van der Waals surface area contributed by atoms with Crippen LogP contribution in [0.1, 0.15) is 31.2 Å². The van der Waals surface area contributed by atoms with Crippen LogP contribution in [0.4, 0.5) is 5.69 Å². The number of nitrogens with zero attached hydrogens (tertiary/aromatic N) is 1. The van der Waals surface area contributed by atoms with Gasteiger partial charge in [-0.25, -0.2) is 0 Å². The van der Waals surface area contributed by atoms with E-state index in [-0.39, 0.29) is 10.6 Å². The minimum absolute atomic E-state index is 0.253. The molecular weight excluding hydrogens is 270 g/mol. The second-order valence-electron chi connectivity index (χ2n) is 3.74. The molecule has 0 aliphatic rings. The maximum absolute atomic E-state index is 10.8. The Balaban J connectivity index is 2.44. The Kier molecular flexibility index (Phi) is 6.08. The van der Waals surface area contributed by atoms with Gasteiger partial charge in [-0.2, -0.15) is 0 Å². The SMILES string of the molecule is O=[N+]([O-])c1ccccc1CCCCCCBr. The molecule has 0 radical (unpaired) electrons. The lowest BCUT2D eigenvalue weighted by molar-refractivity contribution is -0.385. The van der Waals surface area contributed by atoms with Crippen LogP contribution in [-0.2, 0) is 6.42 Å². The summed E-state index contributed by atoms with van der Waals surface area (Å²) in [6.45, 7) is 0. The molecular formula is C12H16BrNO2. The summed E-state index contributed by atoms with van der Waals surface area (Å²) in [5.41, 5.74) is 1.11. The van der Waals surface area contributed by atoms with Crippen LogP contribution >= 0.6 is 15.9 Å². The van der Waals surface area contributed by atoms with Gasteiger partial charge in [-0.05, 0) is 19.3 Å². The van der Waals surface area contributed by atoms with Gasteiger partial charge in [-0.3, -0.25) is 10.1 Å². The van der Waals surface area contributed by atoms with Crippen LogP contribution in [0, 0.1) is 10.1 Å². The van der Waals surface area contributed by atoms with Crippen LogP contribution in [0.2, 0.25) is 0 Å². The van der Waals surface area contributed by atoms with Gasteiger partial charge in [0.05, 0.1) is 4.92 Å². The first-order chi connectivity index (χ1) is 7.75. The third kappa shape index (κ3) is 4.31. The molecule has 1 aromatic carbocycles. The monoisotopic (exact) mass is 285 g/mol. The topological polar surface area (TPSA) is 43.1 Å². The second kappa shape index (κ2) is 7.39. The van der Waals surface area contributed by atoms with Gasteiger partial charge in [-0.1, -0.05) is 47.0 Å². The van der Waals surface area contributed by atoms with Crippen molar-refractivity contribution in [2.24, 2.45) is 0 Å². The number of nitro benzene ring substituents is 1. The second-order valence-corrected chi connectivity index (χ2v) is 4.53. The van der Waals surface area contributed by atoms with E-state index in [2.05, 4.69) is 15.9 Å². The van der Waals surface area contributed by atoms with Gasteiger partial charge in [0.2, 0.25) is 0 Å². The first-order valence-corrected chi connectivity index (χ1v) is 6.66. The average molecular weight is 286 g/mol. The molecule has 0 unspecified atom stereocenters. The highest BCUT2D eigenvalue weighted by Gasteiger charge is 2.10. The minimum atomic E-state index is -0.298. The number of para-hydroxylation sites is 1. The summed E-state index contributed by atoms with van der Waals surface area (Å²) in [5.74, 6) is 0. The molecule has 4 heteroatoms. The number of aryl methyl sites for hydroxylation is 1. The van der Waals surface area contributed by atoms with Crippen molar-refractivity contribution in [1.82, 2.24) is 0 Å². The zero-order valence-corrected chi connectivity index (χ0v) is 10.8. The maximum atomic E-state index is 10.8. The van der Waals surface area contributed by atoms with E-state index in [0.717, 1.165) is 30.2 Å². The lowest BCUT2D eigenvalue weighted by Gasteiger charge is -2.02. The van der Waals surface area contributed by atoms with E-state index >= 15 is 0 Å². The lowest BCUT2D eigenvalue weighted by Crippen LogP contribution is -1.95. The Bertz CT molecular complexity index is 342. The fourth-order valence-corrected chi connectivity index (χ4v) is 2.06. The van der Waals surface area contributed by atoms with Crippen molar-refractivity contribution < 1.29 is 4.92 Å². The van der Waals surface area contributed by atoms with Crippen LogP contribution in [0.5, 0.6) is 0 Å². The predicted molar refractivity (Wildman–Crippen MR) is 69.1 cm³/mol. The van der Waals surface area contributed by atoms with Gasteiger partial charge >= 0.3 is 0 Å². The number of alkyl halides is 1. The Morgan fingerprint density at radius 3 is 2.50 bits per heavy atom. The molecule has 0 amide bonds. The molecule has 0 bridgehead atoms. The van der Waals surface area contributed by atoms with E-state index < -0.39 is 0 Å². The number of nitro groups is 1. The molecule has 0 fully saturated rings. The Morgan fingerprint density at radius 2 is 1.81 bits per heavy atom. The summed E-state index contributed by atoms with van der Waals surface area (Å²) < 4.78 is 0. The number of benzene rings is 1. The van der Waals surface area contributed by atoms with Crippen molar-refractivity contribution in [3.8, 4) is 0 Å². The molecule has 0 aromatic heterocycles. The zero-order chi connectivity index (χ0) is 11.8. The largest absolute Gasteiger partial charge is 0.272 e. The maximum Gasteiger partial charge on any atom is 0.272 e. The van der Waals surface area contributed by atoms with Crippen molar-refractivity contribution in [3.63, 3.8) is 0 Å². The molecule has 1 aromatic rings. The number of hydrogen-bond acceptors (Lipinski definition) is 2. The van der Waals surface area contributed by atoms with E-state index in [9.17, 15) is 10.1 Å². The Labute approximate surface area is 104 Å². The first kappa shape index (κ1) is 13.2. The molecule has 0 saturated heterocycles. The van der Waals surface area contributed by atoms with E-state index in [0.29, 0.717) is 0 Å². The summed E-state index contributed by atoms with van der Waals surface area (Å²) >= 11 is 3.39. The Hall–Kier alpha value is -0.900. The molecule has 0 atom stereocenters. The molecule has 1 rings (SSSR count). The van der Waals surface area contributed by atoms with Gasteiger partial charge in [0, 0.05) is 17.0 Å². The normalized spacial score (nSPS) is 10.3. The van der Waals surface area contributed by atoms with Crippen molar-refractivity contribution in [1.29, 1.82) is 0 Å². The summed E-state index contributed by atoms with van der Waals surface area (Å²) in [6.07, 6.45) is 5.33. The van der Waals surface area contributed by atoms with Crippen LogP contribution < -0.4 is 0 Å². The molecule has 0 saturated carbocycles. The molecule has 0 N–H and O–H groups in total. The van der Waals surface area contributed by atoms with Crippen molar-refractivity contribution >= 4 is 21.6 Å². The van der Waals surface area contributed by atoms with E-state index in [1.54, 1.807) is 12.1 Å². The summed E-state index contributed by atoms with van der Waals surface area (Å²) in [6, 6.07) is 7.00. The van der Waals surface area contributed by atoms with Gasteiger partial charge in [0.25, 0.3) is 5.69 Å². The van der Waals surface area contributed by atoms with Crippen LogP contribution in [0.25, 0.3) is 0 Å². The molecule has 0 heterocycles. The quantitative estimate of drug-likeness (QED) is 0.328. The van der Waals surface area contributed by atoms with Crippen LogP contribution in [0.3, 0.4) is 0 Å². The van der Waals surface area contributed by atoms with E-state index in [1.807, 2.05) is 12.1 Å². The summed E-state index contributed by atoms with van der Waals surface area (Å²) in [5, 5.41) is 11.8. The molecule has 3 nitrogen and oxygen atoms in total. The van der Waals surface area contributed by atoms with E-state index in [4.69, 9.17) is 0 Å². The molecule has 0 aliphatic heterocycles. The number of halogens is 1. The van der Waals surface area contributed by atoms with Gasteiger partial charge < -0.3 is 0 Å². The van der Waals surface area contributed by atoms with Gasteiger partial charge in [0.1, 0.15) is 0 Å². The first-order valence-electron chi connectivity index (χ1n) is 5.54. The third-order valence-electron chi connectivity index (χ3n) is 2.52. The number of unbranched alkanes of at least 4 members (excludes halogenated alkanes) is 3. The Morgan fingerprint density at radius 1 is 1.12 bits per heavy atom. The third-order valence-corrected chi connectivity index (χ3v) is 3.08. The highest BCUT2D eigenvalue weighted by Crippen LogP contribution is 2.20. The zero-order valence-electron chi connectivity index (χ0n) is 9.19. The molecule has 16 heavy (non-hydrogen) atoms. The van der Waals surface area contributed by atoms with Crippen LogP contribution in [0.15, 0.2) is 24.3 Å². The summed E-state index contributed by atoms with van der Waals surface area (Å²) in [4.78, 5) is 10.5. The number of rotatable bonds is 7. The molecule has 0 spiro atoms. The molecule has 0 aliphatic carbocycles. The van der Waals surface area contributed by atoms with Crippen molar-refractivity contribution in [3.05, 3.63) is 39.9 Å². The fourth-order valence-electron chi connectivity index (χ4n) is 1.66. The fraction of sp³-hybridized carbons (Fsp3) is 0.500. The van der Waals surface area contributed by atoms with Crippen LogP contribution in [-0.4, -0.2) is 10.3 Å². The van der Waals surface area contributed by atoms with Crippen molar-refractivity contribution in [2.75, 3.05) is 5.33 Å². The van der Waals surface area contributed by atoms with E-state index in [1.165, 1.54) is 12.8 Å². The lowest BCUT2D eigenvalue weighted by atomic mass is 10.0. The van der Waals surface area contributed by atoms with Crippen molar-refractivity contribution in [2.45, 2.75) is 32.1 Å². The highest BCUT2D eigenvalue weighted by molar-refractivity contribution is 9.09. The number of hydrogen-bond donors (Lipinski definition) is 0. The standard InChI is InChI=1S/C12H16BrNO2/c13-10-6-2-1-3-7-11-8-4-5-9-12(11)14(15)16/h4-5,8-9H,1-3,6-7,10H2. The van der Waals surface area contributed by atoms with Gasteiger partial charge in [0.15, 0.2) is 0 Å². The average Bonchev–Trinajstić information content (AvgIpc) is 2.29. The smallest absolute Gasteiger partial charge is 0.258 e. The predicted octanol–water partition coefficient (Wildman–Crippen LogP) is 4.09. The van der Waals surface area contributed by atoms with Gasteiger partial charge in [-0.15, -0.1) is 0 Å². The highest BCUT2D eigenvalue weighted by atomic mass is 79.9. The summed E-state index contributed by atoms with van der Waals surface area (Å²) in [7, 11) is 0. The molecule has 88 valence electrons. The minimum Gasteiger partial charge on any atom is -0.258 e.